The summed E-state index contributed by atoms with van der Waals surface area (Å²) in [6, 6.07) is 25.4. The number of carbonyl (C=O) groups excluding carboxylic acids is 1. The fraction of sp³-hybridized carbons (Fsp3) is 0.133. The lowest BCUT2D eigenvalue weighted by Gasteiger charge is -2.13. The molecule has 0 bridgehead atoms. The SMILES string of the molecule is Cc1ccc(C)c(NC(=O)c2ccc(/C=C/C(=O)O)c(OCCc3ccc4ccccc4c3)c2)c1. The lowest BCUT2D eigenvalue weighted by Crippen LogP contribution is -2.13. The van der Waals surface area contributed by atoms with Gasteiger partial charge in [0.05, 0.1) is 6.61 Å². The molecule has 0 saturated carbocycles. The van der Waals surface area contributed by atoms with E-state index >= 15 is 0 Å². The van der Waals surface area contributed by atoms with Gasteiger partial charge in [-0.05, 0) is 65.6 Å². The molecule has 0 unspecified atom stereocenters. The quantitative estimate of drug-likeness (QED) is 0.294. The van der Waals surface area contributed by atoms with Crippen LogP contribution in [0.25, 0.3) is 16.8 Å². The number of carbonyl (C=O) groups is 2. The van der Waals surface area contributed by atoms with Crippen molar-refractivity contribution in [3.05, 3.63) is 113 Å². The van der Waals surface area contributed by atoms with Crippen molar-refractivity contribution in [2.75, 3.05) is 11.9 Å². The van der Waals surface area contributed by atoms with E-state index in [4.69, 9.17) is 9.84 Å². The number of hydrogen-bond acceptors (Lipinski definition) is 3. The van der Waals surface area contributed by atoms with Crippen molar-refractivity contribution in [1.82, 2.24) is 0 Å². The summed E-state index contributed by atoms with van der Waals surface area (Å²) in [4.78, 5) is 24.0. The molecule has 0 fully saturated rings. The third kappa shape index (κ3) is 6.15. The van der Waals surface area contributed by atoms with E-state index in [1.807, 2.05) is 44.2 Å². The molecule has 4 rings (SSSR count). The minimum Gasteiger partial charge on any atom is -0.493 e. The highest BCUT2D eigenvalue weighted by molar-refractivity contribution is 6.05. The highest BCUT2D eigenvalue weighted by Gasteiger charge is 2.12. The van der Waals surface area contributed by atoms with Gasteiger partial charge in [0.25, 0.3) is 5.91 Å². The number of nitrogens with one attached hydrogen (secondary N) is 1. The zero-order chi connectivity index (χ0) is 24.8. The Kier molecular flexibility index (Phi) is 7.27. The Morgan fingerprint density at radius 2 is 1.71 bits per heavy atom. The Labute approximate surface area is 204 Å². The van der Waals surface area contributed by atoms with Crippen LogP contribution in [0.15, 0.2) is 84.9 Å². The van der Waals surface area contributed by atoms with E-state index < -0.39 is 5.97 Å². The molecule has 0 saturated heterocycles. The summed E-state index contributed by atoms with van der Waals surface area (Å²) in [5, 5.41) is 14.3. The number of aryl methyl sites for hydroxylation is 2. The number of amides is 1. The number of rotatable bonds is 8. The largest absolute Gasteiger partial charge is 0.493 e. The van der Waals surface area contributed by atoms with Gasteiger partial charge in [-0.15, -0.1) is 0 Å². The van der Waals surface area contributed by atoms with Crippen LogP contribution in [-0.4, -0.2) is 23.6 Å². The fourth-order valence-electron chi connectivity index (χ4n) is 3.84. The van der Waals surface area contributed by atoms with Crippen LogP contribution >= 0.6 is 0 Å². The molecular formula is C30H27NO4. The lowest BCUT2D eigenvalue weighted by molar-refractivity contribution is -0.131. The predicted molar refractivity (Wildman–Crippen MR) is 140 cm³/mol. The van der Waals surface area contributed by atoms with Crippen LogP contribution in [0.5, 0.6) is 5.75 Å². The van der Waals surface area contributed by atoms with Gasteiger partial charge in [-0.3, -0.25) is 4.79 Å². The molecule has 5 nitrogen and oxygen atoms in total. The van der Waals surface area contributed by atoms with Crippen LogP contribution in [0.4, 0.5) is 5.69 Å². The zero-order valence-corrected chi connectivity index (χ0v) is 19.7. The van der Waals surface area contributed by atoms with E-state index in [1.54, 1.807) is 18.2 Å². The molecular weight excluding hydrogens is 438 g/mol. The predicted octanol–water partition coefficient (Wildman–Crippen LogP) is 6.43. The van der Waals surface area contributed by atoms with Gasteiger partial charge in [0.1, 0.15) is 5.75 Å². The maximum Gasteiger partial charge on any atom is 0.328 e. The second-order valence-electron chi connectivity index (χ2n) is 8.48. The Morgan fingerprint density at radius 3 is 2.51 bits per heavy atom. The van der Waals surface area contributed by atoms with Crippen molar-refractivity contribution in [3.8, 4) is 5.75 Å². The first-order valence-electron chi connectivity index (χ1n) is 11.4. The normalized spacial score (nSPS) is 11.0. The summed E-state index contributed by atoms with van der Waals surface area (Å²) < 4.78 is 6.05. The standard InChI is InChI=1S/C30H27NO4/c1-20-7-8-21(2)27(17-20)31-30(34)26-12-11-24(13-14-29(32)33)28(19-26)35-16-15-22-9-10-23-5-3-4-6-25(23)18-22/h3-14,17-19H,15-16H2,1-2H3,(H,31,34)(H,32,33)/b14-13+. The summed E-state index contributed by atoms with van der Waals surface area (Å²) >= 11 is 0. The number of ether oxygens (including phenoxy) is 1. The maximum absolute atomic E-state index is 12.9. The Morgan fingerprint density at radius 1 is 0.914 bits per heavy atom. The van der Waals surface area contributed by atoms with Crippen molar-refractivity contribution in [3.63, 3.8) is 0 Å². The van der Waals surface area contributed by atoms with Gasteiger partial charge in [-0.1, -0.05) is 60.7 Å². The number of hydrogen-bond donors (Lipinski definition) is 2. The summed E-state index contributed by atoms with van der Waals surface area (Å²) in [5.74, 6) is -0.854. The second-order valence-corrected chi connectivity index (χ2v) is 8.48. The maximum atomic E-state index is 12.9. The van der Waals surface area contributed by atoms with E-state index in [9.17, 15) is 9.59 Å². The Hall–Kier alpha value is -4.38. The molecule has 0 atom stereocenters. The number of benzene rings is 4. The average Bonchev–Trinajstić information content (AvgIpc) is 2.85. The van der Waals surface area contributed by atoms with Crippen LogP contribution in [0.1, 0.15) is 32.6 Å². The molecule has 0 aliphatic carbocycles. The molecule has 0 aliphatic heterocycles. The summed E-state index contributed by atoms with van der Waals surface area (Å²) in [5.41, 5.74) is 4.93. The van der Waals surface area contributed by atoms with E-state index in [0.717, 1.165) is 28.5 Å². The van der Waals surface area contributed by atoms with Gasteiger partial charge < -0.3 is 15.2 Å². The van der Waals surface area contributed by atoms with Crippen LogP contribution in [0, 0.1) is 13.8 Å². The minimum atomic E-state index is -1.05. The van der Waals surface area contributed by atoms with Gasteiger partial charge >= 0.3 is 5.97 Å². The molecule has 0 radical (unpaired) electrons. The first-order valence-corrected chi connectivity index (χ1v) is 11.4. The molecule has 35 heavy (non-hydrogen) atoms. The van der Waals surface area contributed by atoms with Crippen molar-refractivity contribution in [1.29, 1.82) is 0 Å². The second kappa shape index (κ2) is 10.7. The molecule has 5 heteroatoms. The van der Waals surface area contributed by atoms with E-state index in [2.05, 4.69) is 35.6 Å². The molecule has 0 heterocycles. The number of fused-ring (bicyclic) bond motifs is 1. The number of carboxylic acid groups (broad SMARTS) is 1. The average molecular weight is 466 g/mol. The van der Waals surface area contributed by atoms with Crippen molar-refractivity contribution in [2.45, 2.75) is 20.3 Å². The third-order valence-electron chi connectivity index (χ3n) is 5.78. The van der Waals surface area contributed by atoms with Crippen molar-refractivity contribution < 1.29 is 19.4 Å². The highest BCUT2D eigenvalue weighted by Crippen LogP contribution is 2.25. The van der Waals surface area contributed by atoms with Gasteiger partial charge in [0.2, 0.25) is 0 Å². The lowest BCUT2D eigenvalue weighted by atomic mass is 10.1. The molecule has 1 amide bonds. The summed E-state index contributed by atoms with van der Waals surface area (Å²) in [6.45, 7) is 4.30. The molecule has 4 aromatic carbocycles. The third-order valence-corrected chi connectivity index (χ3v) is 5.78. The van der Waals surface area contributed by atoms with E-state index in [0.29, 0.717) is 29.9 Å². The van der Waals surface area contributed by atoms with Crippen molar-refractivity contribution >= 4 is 34.4 Å². The summed E-state index contributed by atoms with van der Waals surface area (Å²) in [7, 11) is 0. The van der Waals surface area contributed by atoms with Crippen LogP contribution in [-0.2, 0) is 11.2 Å². The van der Waals surface area contributed by atoms with Gasteiger partial charge in [0, 0.05) is 29.3 Å². The summed E-state index contributed by atoms with van der Waals surface area (Å²) in [6.07, 6.45) is 3.20. The first-order chi connectivity index (χ1) is 16.9. The molecule has 176 valence electrons. The Bertz CT molecular complexity index is 1420. The smallest absolute Gasteiger partial charge is 0.328 e. The number of anilines is 1. The van der Waals surface area contributed by atoms with Gasteiger partial charge in [-0.25, -0.2) is 4.79 Å². The van der Waals surface area contributed by atoms with E-state index in [-0.39, 0.29) is 5.91 Å². The zero-order valence-electron chi connectivity index (χ0n) is 19.7. The molecule has 2 N–H and O–H groups in total. The van der Waals surface area contributed by atoms with Crippen LogP contribution in [0.2, 0.25) is 0 Å². The fourth-order valence-corrected chi connectivity index (χ4v) is 3.84. The van der Waals surface area contributed by atoms with Crippen LogP contribution in [0.3, 0.4) is 0 Å². The van der Waals surface area contributed by atoms with Crippen molar-refractivity contribution in [2.24, 2.45) is 0 Å². The molecule has 0 aromatic heterocycles. The number of carboxylic acids is 1. The highest BCUT2D eigenvalue weighted by atomic mass is 16.5. The minimum absolute atomic E-state index is 0.258. The number of aliphatic carboxylic acids is 1. The molecule has 0 spiro atoms. The monoisotopic (exact) mass is 465 g/mol. The molecule has 0 aliphatic rings. The molecule has 4 aromatic rings. The van der Waals surface area contributed by atoms with Gasteiger partial charge in [0.15, 0.2) is 0 Å². The van der Waals surface area contributed by atoms with Gasteiger partial charge in [-0.2, -0.15) is 0 Å². The van der Waals surface area contributed by atoms with Crippen LogP contribution < -0.4 is 10.1 Å². The topological polar surface area (TPSA) is 75.6 Å². The first kappa shape index (κ1) is 23.8. The Balaban J connectivity index is 1.53. The van der Waals surface area contributed by atoms with E-state index in [1.165, 1.54) is 16.8 Å².